The highest BCUT2D eigenvalue weighted by Gasteiger charge is 2.32. The minimum absolute atomic E-state index is 0.0418. The SMILES string of the molecule is CCCS(=O)(=O)N1CCC[C@@H](C(=O)NC[C@H](c2cccs2)N(C)C)C1. The number of carbonyl (C=O) groups is 1. The summed E-state index contributed by atoms with van der Waals surface area (Å²) < 4.78 is 26.0. The van der Waals surface area contributed by atoms with Crippen molar-refractivity contribution in [3.05, 3.63) is 22.4 Å². The van der Waals surface area contributed by atoms with Crippen molar-refractivity contribution in [3.63, 3.8) is 0 Å². The number of amides is 1. The number of hydrogen-bond donors (Lipinski definition) is 1. The van der Waals surface area contributed by atoms with Crippen LogP contribution in [-0.2, 0) is 14.8 Å². The molecule has 1 saturated heterocycles. The molecule has 1 amide bonds. The number of likely N-dealkylation sites (N-methyl/N-ethyl adjacent to an activating group) is 1. The van der Waals surface area contributed by atoms with Gasteiger partial charge in [0.2, 0.25) is 15.9 Å². The molecule has 0 radical (unpaired) electrons. The van der Waals surface area contributed by atoms with Crippen LogP contribution in [0.4, 0.5) is 0 Å². The lowest BCUT2D eigenvalue weighted by Gasteiger charge is -2.32. The Kier molecular flexibility index (Phi) is 7.42. The molecule has 1 aromatic rings. The number of nitrogens with one attached hydrogen (secondary N) is 1. The average Bonchev–Trinajstić information content (AvgIpc) is 3.09. The van der Waals surface area contributed by atoms with Crippen LogP contribution >= 0.6 is 11.3 Å². The monoisotopic (exact) mass is 387 g/mol. The summed E-state index contributed by atoms with van der Waals surface area (Å²) in [6.07, 6.45) is 2.08. The van der Waals surface area contributed by atoms with Gasteiger partial charge < -0.3 is 10.2 Å². The second-order valence-corrected chi connectivity index (χ2v) is 9.82. The minimum atomic E-state index is -3.23. The molecule has 1 aliphatic heterocycles. The van der Waals surface area contributed by atoms with Gasteiger partial charge in [-0.25, -0.2) is 12.7 Å². The molecule has 142 valence electrons. The molecule has 2 atom stereocenters. The van der Waals surface area contributed by atoms with Crippen molar-refractivity contribution in [2.24, 2.45) is 5.92 Å². The predicted molar refractivity (Wildman–Crippen MR) is 102 cm³/mol. The Hall–Kier alpha value is -0.960. The molecule has 1 fully saturated rings. The first-order valence-corrected chi connectivity index (χ1v) is 11.3. The van der Waals surface area contributed by atoms with E-state index < -0.39 is 10.0 Å². The maximum absolute atomic E-state index is 12.6. The van der Waals surface area contributed by atoms with Crippen LogP contribution in [0.3, 0.4) is 0 Å². The van der Waals surface area contributed by atoms with Gasteiger partial charge >= 0.3 is 0 Å². The zero-order valence-electron chi connectivity index (χ0n) is 15.3. The predicted octanol–water partition coefficient (Wildman–Crippen LogP) is 1.92. The summed E-state index contributed by atoms with van der Waals surface area (Å²) in [6, 6.07) is 4.21. The minimum Gasteiger partial charge on any atom is -0.354 e. The molecule has 2 rings (SSSR count). The van der Waals surface area contributed by atoms with Crippen molar-refractivity contribution in [1.82, 2.24) is 14.5 Å². The fraction of sp³-hybridized carbons (Fsp3) is 0.706. The van der Waals surface area contributed by atoms with Crippen LogP contribution in [0.1, 0.15) is 37.1 Å². The molecule has 0 bridgehead atoms. The molecule has 25 heavy (non-hydrogen) atoms. The molecule has 0 aliphatic carbocycles. The molecular weight excluding hydrogens is 358 g/mol. The van der Waals surface area contributed by atoms with E-state index in [2.05, 4.69) is 16.3 Å². The first-order valence-electron chi connectivity index (χ1n) is 8.80. The lowest BCUT2D eigenvalue weighted by atomic mass is 9.98. The third-order valence-electron chi connectivity index (χ3n) is 4.57. The van der Waals surface area contributed by atoms with E-state index in [1.807, 2.05) is 32.5 Å². The second-order valence-electron chi connectivity index (χ2n) is 6.75. The van der Waals surface area contributed by atoms with Crippen LogP contribution in [-0.4, -0.2) is 63.0 Å². The summed E-state index contributed by atoms with van der Waals surface area (Å²) in [4.78, 5) is 15.9. The smallest absolute Gasteiger partial charge is 0.224 e. The Morgan fingerprint density at radius 3 is 2.84 bits per heavy atom. The van der Waals surface area contributed by atoms with Gasteiger partial charge in [-0.2, -0.15) is 0 Å². The van der Waals surface area contributed by atoms with E-state index in [0.29, 0.717) is 26.1 Å². The molecule has 1 N–H and O–H groups in total. The highest BCUT2D eigenvalue weighted by molar-refractivity contribution is 7.89. The molecule has 1 aromatic heterocycles. The van der Waals surface area contributed by atoms with Crippen LogP contribution in [0.5, 0.6) is 0 Å². The molecular formula is C17H29N3O3S2. The molecule has 0 spiro atoms. The van der Waals surface area contributed by atoms with Gasteiger partial charge in [0.1, 0.15) is 0 Å². The van der Waals surface area contributed by atoms with Gasteiger partial charge in [-0.05, 0) is 44.8 Å². The number of carbonyl (C=O) groups excluding carboxylic acids is 1. The van der Waals surface area contributed by atoms with Crippen molar-refractivity contribution in [1.29, 1.82) is 0 Å². The fourth-order valence-electron chi connectivity index (χ4n) is 3.16. The summed E-state index contributed by atoms with van der Waals surface area (Å²) in [7, 11) is 0.759. The average molecular weight is 388 g/mol. The first-order chi connectivity index (χ1) is 11.8. The van der Waals surface area contributed by atoms with E-state index in [9.17, 15) is 13.2 Å². The van der Waals surface area contributed by atoms with Crippen LogP contribution in [0.15, 0.2) is 17.5 Å². The standard InChI is InChI=1S/C17H29N3O3S2/c1-4-11-25(22,23)20-9-5-7-14(13-20)17(21)18-12-15(19(2)3)16-8-6-10-24-16/h6,8,10,14-15H,4-5,7,9,11-13H2,1-3H3,(H,18,21)/t14-,15-/m1/s1. The Bertz CT molecular complexity index is 644. The van der Waals surface area contributed by atoms with Gasteiger partial charge in [-0.15, -0.1) is 11.3 Å². The van der Waals surface area contributed by atoms with Crippen LogP contribution in [0.2, 0.25) is 0 Å². The number of sulfonamides is 1. The van der Waals surface area contributed by atoms with Gasteiger partial charge in [0.05, 0.1) is 17.7 Å². The Morgan fingerprint density at radius 1 is 1.48 bits per heavy atom. The number of thiophene rings is 1. The summed E-state index contributed by atoms with van der Waals surface area (Å²) in [5, 5.41) is 5.06. The van der Waals surface area contributed by atoms with E-state index >= 15 is 0 Å². The molecule has 6 nitrogen and oxygen atoms in total. The van der Waals surface area contributed by atoms with Gasteiger partial charge in [-0.3, -0.25) is 4.79 Å². The Balaban J connectivity index is 1.93. The summed E-state index contributed by atoms with van der Waals surface area (Å²) in [5.74, 6) is -0.145. The number of hydrogen-bond acceptors (Lipinski definition) is 5. The third kappa shape index (κ3) is 5.51. The normalized spacial score (nSPS) is 20.6. The topological polar surface area (TPSA) is 69.7 Å². The van der Waals surface area contributed by atoms with Crippen LogP contribution in [0, 0.1) is 5.92 Å². The zero-order valence-corrected chi connectivity index (χ0v) is 16.9. The van der Waals surface area contributed by atoms with Gasteiger partial charge in [0, 0.05) is 24.5 Å². The molecule has 2 heterocycles. The van der Waals surface area contributed by atoms with E-state index in [1.165, 1.54) is 9.18 Å². The first kappa shape index (κ1) is 20.4. The molecule has 0 aromatic carbocycles. The summed E-state index contributed by atoms with van der Waals surface area (Å²) in [6.45, 7) is 3.23. The van der Waals surface area contributed by atoms with E-state index in [0.717, 1.165) is 12.8 Å². The van der Waals surface area contributed by atoms with Crippen molar-refractivity contribution >= 4 is 27.3 Å². The molecule has 1 aliphatic rings. The number of nitrogens with zero attached hydrogens (tertiary/aromatic N) is 2. The zero-order chi connectivity index (χ0) is 18.4. The second kappa shape index (κ2) is 9.12. The van der Waals surface area contributed by atoms with E-state index in [1.54, 1.807) is 11.3 Å². The van der Waals surface area contributed by atoms with Crippen LogP contribution < -0.4 is 5.32 Å². The van der Waals surface area contributed by atoms with Crippen LogP contribution in [0.25, 0.3) is 0 Å². The molecule has 8 heteroatoms. The maximum atomic E-state index is 12.6. The molecule has 0 saturated carbocycles. The van der Waals surface area contributed by atoms with Crippen molar-refractivity contribution < 1.29 is 13.2 Å². The lowest BCUT2D eigenvalue weighted by molar-refractivity contribution is -0.126. The third-order valence-corrected chi connectivity index (χ3v) is 7.59. The Morgan fingerprint density at radius 2 is 2.24 bits per heavy atom. The number of piperidine rings is 1. The highest BCUT2D eigenvalue weighted by atomic mass is 32.2. The van der Waals surface area contributed by atoms with Gasteiger partial charge in [0.15, 0.2) is 0 Å². The largest absolute Gasteiger partial charge is 0.354 e. The quantitative estimate of drug-likeness (QED) is 0.740. The lowest BCUT2D eigenvalue weighted by Crippen LogP contribution is -2.47. The molecule has 0 unspecified atom stereocenters. The van der Waals surface area contributed by atoms with Crippen molar-refractivity contribution in [3.8, 4) is 0 Å². The number of rotatable bonds is 8. The van der Waals surface area contributed by atoms with Gasteiger partial charge in [0.25, 0.3) is 0 Å². The van der Waals surface area contributed by atoms with Crippen molar-refractivity contribution in [2.45, 2.75) is 32.2 Å². The fourth-order valence-corrected chi connectivity index (χ4v) is 5.67. The van der Waals surface area contributed by atoms with Gasteiger partial charge in [-0.1, -0.05) is 13.0 Å². The van der Waals surface area contributed by atoms with E-state index in [-0.39, 0.29) is 23.6 Å². The highest BCUT2D eigenvalue weighted by Crippen LogP contribution is 2.23. The summed E-state index contributed by atoms with van der Waals surface area (Å²) in [5.41, 5.74) is 0. The van der Waals surface area contributed by atoms with E-state index in [4.69, 9.17) is 0 Å². The maximum Gasteiger partial charge on any atom is 0.224 e. The summed E-state index contributed by atoms with van der Waals surface area (Å²) >= 11 is 1.68. The Labute approximate surface area is 155 Å². The van der Waals surface area contributed by atoms with Crippen molar-refractivity contribution in [2.75, 3.05) is 39.5 Å².